The van der Waals surface area contributed by atoms with Gasteiger partial charge in [-0.05, 0) is 159 Å². The van der Waals surface area contributed by atoms with Crippen molar-refractivity contribution in [3.63, 3.8) is 0 Å². The van der Waals surface area contributed by atoms with Crippen LogP contribution in [0.3, 0.4) is 0 Å². The van der Waals surface area contributed by atoms with Gasteiger partial charge in [-0.25, -0.2) is 9.59 Å². The molecule has 2 amide bonds. The summed E-state index contributed by atoms with van der Waals surface area (Å²) in [6, 6.07) is 6.17. The number of aliphatic hydroxyl groups excluding tert-OH is 4. The molecule has 5 unspecified atom stereocenters. The number of β-amino-alcohol motifs (C(OH)–C–C–N with tert-alkyl or cyclic N) is 3. The zero-order valence-corrected chi connectivity index (χ0v) is 54.8. The number of aliphatic hydroxyl groups is 4. The lowest BCUT2D eigenvalue weighted by molar-refractivity contribution is -0.128. The van der Waals surface area contributed by atoms with Gasteiger partial charge in [0.05, 0.1) is 55.0 Å². The zero-order valence-electron chi connectivity index (χ0n) is 51.5. The Bertz CT molecular complexity index is 2540. The predicted molar refractivity (Wildman–Crippen MR) is 333 cm³/mol. The first kappa shape index (κ1) is 70.0. The normalized spacial score (nSPS) is 35.1. The highest BCUT2D eigenvalue weighted by Crippen LogP contribution is 2.67. The fraction of sp³-hybridized carbons (Fsp3) is 0.841. The standard InChI is InChI=1S/C20H33NO4S.C17H25NO6S.C15H27NO2S.C10H16OS.CH4/c1-18(2,3)25-17(24)21-10-15(22)9-14(21)11-26-12-20-7-6-13(8-16(20)23)19(20,4)5;1-12-5-7-15(8-6-12)25(21,22)23-11-13-9-14(19)10-18(13)16(20)24-17(2,3)4;1-14(2)10-3-4-15(14,13(18)5-10)9-19-8-11-6-12(17)7-16-11;1-9(2)7-3-4-10(9,6-12)8(11)5-7;/h13-15,22H,6-12H2,1-5H3;5-8,13-14,19H,9-11H2,1-4H3;10-13,16-18H,3-9H2,1-2H3;7,12H,3-6H2,1-2H3;1H4/t13?,14-,15+,20+;13-,14+;10?,11-,12+,13?,15+;;/m000../s1. The minimum atomic E-state index is -3.93. The predicted octanol–water partition coefficient (Wildman–Crippen LogP) is 10.1. The van der Waals surface area contributed by atoms with Gasteiger partial charge in [-0.1, -0.05) is 66.7 Å². The van der Waals surface area contributed by atoms with Crippen LogP contribution in [0.25, 0.3) is 0 Å². The number of aryl methyl sites for hydroxylation is 1. The Balaban J connectivity index is 0.000000182. The highest BCUT2D eigenvalue weighted by atomic mass is 32.2. The number of carbonyl (C=O) groups is 4. The number of benzene rings is 1. The Morgan fingerprint density at radius 3 is 1.59 bits per heavy atom. The molecule has 5 N–H and O–H groups in total. The van der Waals surface area contributed by atoms with Crippen molar-refractivity contribution < 1.29 is 61.7 Å². The summed E-state index contributed by atoms with van der Waals surface area (Å²) < 4.78 is 40.4. The largest absolute Gasteiger partial charge is 0.444 e. The van der Waals surface area contributed by atoms with E-state index in [-0.39, 0.29) is 83.3 Å². The van der Waals surface area contributed by atoms with E-state index in [0.717, 1.165) is 91.7 Å². The summed E-state index contributed by atoms with van der Waals surface area (Å²) in [6.07, 6.45) is 8.79. The van der Waals surface area contributed by atoms with E-state index in [1.165, 1.54) is 36.3 Å². The van der Waals surface area contributed by atoms with Crippen LogP contribution in [-0.2, 0) is 33.4 Å². The molecule has 10 rings (SSSR count). The molecule has 3 heterocycles. The minimum absolute atomic E-state index is 0. The second-order valence-electron chi connectivity index (χ2n) is 29.3. The average molecular weight is 1240 g/mol. The van der Waals surface area contributed by atoms with E-state index >= 15 is 0 Å². The third kappa shape index (κ3) is 14.8. The molecule has 6 saturated carbocycles. The smallest absolute Gasteiger partial charge is 0.410 e. The molecule has 9 aliphatic rings. The number of ether oxygens (including phenoxy) is 2. The molecule has 0 spiro atoms. The summed E-state index contributed by atoms with van der Waals surface area (Å²) in [6.45, 7) is 27.3. The topological polar surface area (TPSA) is 230 Å². The van der Waals surface area contributed by atoms with Crippen LogP contribution in [0.4, 0.5) is 9.59 Å². The molecule has 0 radical (unpaired) electrons. The average Bonchev–Trinajstić information content (AvgIpc) is 4.22. The highest BCUT2D eigenvalue weighted by Gasteiger charge is 2.65. The molecule has 1 aromatic carbocycles. The Morgan fingerprint density at radius 1 is 0.675 bits per heavy atom. The second kappa shape index (κ2) is 26.5. The quantitative estimate of drug-likeness (QED) is 0.0797. The molecular formula is C63H105N3O13S4. The van der Waals surface area contributed by atoms with Crippen molar-refractivity contribution in [1.82, 2.24) is 15.1 Å². The third-order valence-corrected chi connectivity index (χ3v) is 25.7. The monoisotopic (exact) mass is 1240 g/mol. The molecule has 474 valence electrons. The van der Waals surface area contributed by atoms with Crippen molar-refractivity contribution >= 4 is 70.0 Å². The lowest BCUT2D eigenvalue weighted by atomic mass is 9.70. The Morgan fingerprint density at radius 2 is 1.17 bits per heavy atom. The molecule has 9 fully saturated rings. The number of nitrogens with zero attached hydrogens (tertiary/aromatic N) is 2. The van der Waals surface area contributed by atoms with E-state index in [4.69, 9.17) is 13.7 Å². The maximum absolute atomic E-state index is 12.6. The van der Waals surface area contributed by atoms with Crippen LogP contribution >= 0.6 is 36.2 Å². The molecule has 3 saturated heterocycles. The number of thioether (sulfide) groups is 2. The number of Topliss-reactive ketones (excluding diaryl/α,β-unsaturated/α-hetero) is 2. The Hall–Kier alpha value is -2.14. The van der Waals surface area contributed by atoms with Crippen molar-refractivity contribution in [2.45, 2.75) is 233 Å². The molecule has 1 aromatic rings. The van der Waals surface area contributed by atoms with Crippen LogP contribution in [0, 0.1) is 57.2 Å². The molecule has 6 aliphatic carbocycles. The van der Waals surface area contributed by atoms with Crippen LogP contribution < -0.4 is 5.32 Å². The maximum Gasteiger partial charge on any atom is 0.410 e. The van der Waals surface area contributed by atoms with Gasteiger partial charge >= 0.3 is 12.2 Å². The van der Waals surface area contributed by atoms with E-state index < -0.39 is 45.7 Å². The van der Waals surface area contributed by atoms with Gasteiger partial charge < -0.3 is 45.0 Å². The van der Waals surface area contributed by atoms with Crippen LogP contribution in [0.15, 0.2) is 29.2 Å². The summed E-state index contributed by atoms with van der Waals surface area (Å²) in [5.74, 6) is 7.23. The van der Waals surface area contributed by atoms with Gasteiger partial charge in [0.15, 0.2) is 0 Å². The number of thiol groups is 1. The number of carbonyl (C=O) groups excluding carboxylic acids is 4. The number of ketones is 2. The van der Waals surface area contributed by atoms with Crippen molar-refractivity contribution in [2.75, 3.05) is 55.0 Å². The number of likely N-dealkylation sites (tertiary alicyclic amines) is 2. The van der Waals surface area contributed by atoms with Crippen molar-refractivity contribution in [3.05, 3.63) is 29.8 Å². The first-order valence-electron chi connectivity index (χ1n) is 30.2. The van der Waals surface area contributed by atoms with Crippen LogP contribution in [0.5, 0.6) is 0 Å². The molecule has 16 nitrogen and oxygen atoms in total. The summed E-state index contributed by atoms with van der Waals surface area (Å²) in [4.78, 5) is 52.1. The van der Waals surface area contributed by atoms with Gasteiger partial charge in [0.25, 0.3) is 10.1 Å². The number of amides is 2. The zero-order chi connectivity index (χ0) is 60.8. The fourth-order valence-corrected chi connectivity index (χ4v) is 20.6. The lowest BCUT2D eigenvalue weighted by Gasteiger charge is -2.40. The van der Waals surface area contributed by atoms with Gasteiger partial charge in [-0.15, -0.1) is 0 Å². The van der Waals surface area contributed by atoms with Crippen molar-refractivity contribution in [3.8, 4) is 0 Å². The highest BCUT2D eigenvalue weighted by molar-refractivity contribution is 7.99. The summed E-state index contributed by atoms with van der Waals surface area (Å²) in [7, 11) is -3.93. The van der Waals surface area contributed by atoms with Gasteiger partial charge in [-0.3, -0.25) is 13.8 Å². The number of hydrogen-bond donors (Lipinski definition) is 6. The van der Waals surface area contributed by atoms with Crippen LogP contribution in [-0.4, -0.2) is 171 Å². The summed E-state index contributed by atoms with van der Waals surface area (Å²) >= 11 is 8.10. The van der Waals surface area contributed by atoms with Gasteiger partial charge in [-0.2, -0.15) is 44.6 Å². The molecule has 13 atom stereocenters. The van der Waals surface area contributed by atoms with Crippen molar-refractivity contribution in [2.24, 2.45) is 50.2 Å². The van der Waals surface area contributed by atoms with E-state index in [1.807, 2.05) is 39.5 Å². The van der Waals surface area contributed by atoms with E-state index in [1.54, 1.807) is 49.6 Å². The molecule has 0 aromatic heterocycles. The van der Waals surface area contributed by atoms with Crippen molar-refractivity contribution in [1.29, 1.82) is 0 Å². The molecule has 6 bridgehead atoms. The third-order valence-electron chi connectivity index (χ3n) is 21.2. The van der Waals surface area contributed by atoms with Crippen LogP contribution in [0.1, 0.15) is 173 Å². The lowest BCUT2D eigenvalue weighted by Crippen LogP contribution is -2.42. The number of hydrogen-bond acceptors (Lipinski definition) is 17. The number of nitrogens with one attached hydrogen (secondary N) is 1. The molecule has 20 heteroatoms. The van der Waals surface area contributed by atoms with E-state index in [2.05, 4.69) is 59.5 Å². The fourth-order valence-electron chi connectivity index (χ4n) is 15.4. The number of fused-ring (bicyclic) bond motifs is 6. The SMILES string of the molecule is C.CC(C)(C)OC(=O)N1C[C@H](O)C[C@H]1CSC[C@]12CCC(CC1=O)C2(C)C.CC1(C)C2CCC1(CS)C(=O)C2.CC1(C)C2CC[C@@]1(CSC[C@@H]1C[C@@H](O)CN1)C(O)C2.Cc1ccc(S(=O)(=O)OC[C@@H]2C[C@@H](O)CN2C(=O)OC(C)(C)C)cc1. The first-order chi connectivity index (χ1) is 37.9. The molecule has 3 aliphatic heterocycles. The maximum atomic E-state index is 12.6. The number of rotatable bonds is 13. The second-order valence-corrected chi connectivity index (χ2v) is 33.3. The van der Waals surface area contributed by atoms with Crippen LogP contribution in [0.2, 0.25) is 0 Å². The Kier molecular flexibility index (Phi) is 22.3. The summed E-state index contributed by atoms with van der Waals surface area (Å²) in [5.41, 5.74) is 0.181. The van der Waals surface area contributed by atoms with E-state index in [9.17, 15) is 48.0 Å². The summed E-state index contributed by atoms with van der Waals surface area (Å²) in [5, 5.41) is 43.3. The molecule has 83 heavy (non-hydrogen) atoms. The first-order valence-corrected chi connectivity index (χ1v) is 34.5. The van der Waals surface area contributed by atoms with Gasteiger partial charge in [0, 0.05) is 76.5 Å². The van der Waals surface area contributed by atoms with Gasteiger partial charge in [0.2, 0.25) is 0 Å². The van der Waals surface area contributed by atoms with Gasteiger partial charge in [0.1, 0.15) is 22.8 Å². The Labute approximate surface area is 512 Å². The van der Waals surface area contributed by atoms with E-state index in [0.29, 0.717) is 47.8 Å². The molecular weight excluding hydrogens is 1130 g/mol. The minimum Gasteiger partial charge on any atom is -0.444 e.